The van der Waals surface area contributed by atoms with E-state index in [1.54, 1.807) is 24.4 Å². The molecule has 2 aromatic heterocycles. The summed E-state index contributed by atoms with van der Waals surface area (Å²) >= 11 is 1.50. The molecule has 0 aliphatic heterocycles. The Bertz CT molecular complexity index is 1000. The Kier molecular flexibility index (Phi) is 4.09. The number of aliphatic hydroxyl groups excluding tert-OH is 1. The number of hydrogen-bond acceptors (Lipinski definition) is 5. The van der Waals surface area contributed by atoms with Gasteiger partial charge < -0.3 is 9.67 Å². The summed E-state index contributed by atoms with van der Waals surface area (Å²) in [5.74, 6) is 0. The molecule has 0 fully saturated rings. The minimum Gasteiger partial charge on any atom is -0.387 e. The topological polar surface area (TPSA) is 76.4 Å². The average molecular weight is 349 g/mol. The van der Waals surface area contributed by atoms with Crippen molar-refractivity contribution >= 4 is 31.3 Å². The lowest BCUT2D eigenvalue weighted by atomic mass is 10.1. The quantitative estimate of drug-likeness (QED) is 0.783. The zero-order chi connectivity index (χ0) is 16.6. The van der Waals surface area contributed by atoms with Crippen LogP contribution in [0.15, 0.2) is 57.7 Å². The maximum absolute atomic E-state index is 12.3. The van der Waals surface area contributed by atoms with Gasteiger partial charge in [0.15, 0.2) is 9.84 Å². The molecular weight excluding hydrogens is 334 g/mol. The van der Waals surface area contributed by atoms with E-state index < -0.39 is 15.9 Å². The van der Waals surface area contributed by atoms with Gasteiger partial charge in [-0.1, -0.05) is 12.1 Å². The van der Waals surface area contributed by atoms with Crippen LogP contribution in [-0.4, -0.2) is 24.3 Å². The third-order valence-corrected chi connectivity index (χ3v) is 5.67. The smallest absolute Gasteiger partial charge is 0.259 e. The number of thiophene rings is 1. The number of hydrogen-bond donors (Lipinski definition) is 1. The highest BCUT2D eigenvalue weighted by Gasteiger charge is 2.13. The van der Waals surface area contributed by atoms with Crippen molar-refractivity contribution in [1.29, 1.82) is 0 Å². The molecule has 0 aliphatic rings. The van der Waals surface area contributed by atoms with E-state index in [1.165, 1.54) is 28.0 Å². The fourth-order valence-electron chi connectivity index (χ4n) is 2.38. The van der Waals surface area contributed by atoms with Gasteiger partial charge in [-0.15, -0.1) is 11.3 Å². The molecule has 1 atom stereocenters. The van der Waals surface area contributed by atoms with E-state index in [0.717, 1.165) is 11.0 Å². The lowest BCUT2D eigenvalue weighted by Gasteiger charge is -2.13. The number of benzene rings is 1. The average Bonchev–Trinajstić information content (AvgIpc) is 2.98. The number of nitrogens with zero attached hydrogens (tertiary/aromatic N) is 1. The van der Waals surface area contributed by atoms with Crippen LogP contribution in [0.25, 0.3) is 10.1 Å². The van der Waals surface area contributed by atoms with Gasteiger partial charge in [-0.25, -0.2) is 8.42 Å². The fraction of sp³-hybridized carbons (Fsp3) is 0.188. The van der Waals surface area contributed by atoms with Crippen molar-refractivity contribution in [3.8, 4) is 0 Å². The fourth-order valence-corrected chi connectivity index (χ4v) is 3.78. The second kappa shape index (κ2) is 5.92. The standard InChI is InChI=1S/C16H15NO4S2/c1-23(20,21)12-4-2-11(3-5-12)14(18)10-17-8-6-15-13(16(17)19)7-9-22-15/h2-9,14,18H,10H2,1H3. The molecule has 5 nitrogen and oxygen atoms in total. The van der Waals surface area contributed by atoms with Gasteiger partial charge in [-0.05, 0) is 35.2 Å². The van der Waals surface area contributed by atoms with E-state index in [2.05, 4.69) is 0 Å². The summed E-state index contributed by atoms with van der Waals surface area (Å²) in [5.41, 5.74) is 0.422. The van der Waals surface area contributed by atoms with E-state index in [9.17, 15) is 18.3 Å². The normalized spacial score (nSPS) is 13.3. The third-order valence-electron chi connectivity index (χ3n) is 3.65. The molecule has 1 N–H and O–H groups in total. The van der Waals surface area contributed by atoms with Crippen LogP contribution >= 0.6 is 11.3 Å². The first-order chi connectivity index (χ1) is 10.9. The number of rotatable bonds is 4. The largest absolute Gasteiger partial charge is 0.387 e. The van der Waals surface area contributed by atoms with Gasteiger partial charge in [0, 0.05) is 17.2 Å². The van der Waals surface area contributed by atoms with E-state index >= 15 is 0 Å². The zero-order valence-corrected chi connectivity index (χ0v) is 14.0. The minimum absolute atomic E-state index is 0.114. The van der Waals surface area contributed by atoms with Crippen LogP contribution in [0.5, 0.6) is 0 Å². The Balaban J connectivity index is 1.87. The highest BCUT2D eigenvalue weighted by molar-refractivity contribution is 7.90. The zero-order valence-electron chi connectivity index (χ0n) is 12.3. The van der Waals surface area contributed by atoms with Crippen LogP contribution in [-0.2, 0) is 16.4 Å². The summed E-state index contributed by atoms with van der Waals surface area (Å²) in [6.45, 7) is 0.114. The van der Waals surface area contributed by atoms with Gasteiger partial charge in [-0.3, -0.25) is 4.79 Å². The van der Waals surface area contributed by atoms with Crippen LogP contribution in [0.3, 0.4) is 0 Å². The van der Waals surface area contributed by atoms with Crippen molar-refractivity contribution < 1.29 is 13.5 Å². The van der Waals surface area contributed by atoms with Gasteiger partial charge >= 0.3 is 0 Å². The highest BCUT2D eigenvalue weighted by atomic mass is 32.2. The number of aromatic nitrogens is 1. The van der Waals surface area contributed by atoms with Gasteiger partial charge in [0.25, 0.3) is 5.56 Å². The van der Waals surface area contributed by atoms with Crippen LogP contribution in [0.2, 0.25) is 0 Å². The van der Waals surface area contributed by atoms with Crippen molar-refractivity contribution in [2.24, 2.45) is 0 Å². The molecule has 0 saturated heterocycles. The third kappa shape index (κ3) is 3.21. The predicted molar refractivity (Wildman–Crippen MR) is 90.6 cm³/mol. The first-order valence-corrected chi connectivity index (χ1v) is 9.68. The van der Waals surface area contributed by atoms with E-state index in [1.807, 2.05) is 11.4 Å². The second-order valence-electron chi connectivity index (χ2n) is 5.33. The molecule has 0 aliphatic carbocycles. The van der Waals surface area contributed by atoms with Crippen LogP contribution in [0, 0.1) is 0 Å². The molecule has 0 amide bonds. The summed E-state index contributed by atoms with van der Waals surface area (Å²) in [6.07, 6.45) is 1.90. The first-order valence-electron chi connectivity index (χ1n) is 6.91. The Labute approximate surface area is 137 Å². The molecule has 0 bridgehead atoms. The maximum Gasteiger partial charge on any atom is 0.259 e. The molecule has 1 unspecified atom stereocenters. The molecular formula is C16H15NO4S2. The van der Waals surface area contributed by atoms with Gasteiger partial charge in [0.2, 0.25) is 0 Å². The summed E-state index contributed by atoms with van der Waals surface area (Å²) in [4.78, 5) is 12.5. The Morgan fingerprint density at radius 1 is 1.17 bits per heavy atom. The maximum atomic E-state index is 12.3. The Hall–Kier alpha value is -1.96. The second-order valence-corrected chi connectivity index (χ2v) is 8.29. The molecule has 0 saturated carbocycles. The lowest BCUT2D eigenvalue weighted by Crippen LogP contribution is -2.22. The number of aliphatic hydroxyl groups is 1. The van der Waals surface area contributed by atoms with Crippen molar-refractivity contribution in [3.05, 3.63) is 63.9 Å². The van der Waals surface area contributed by atoms with Gasteiger partial charge in [-0.2, -0.15) is 0 Å². The Morgan fingerprint density at radius 3 is 2.52 bits per heavy atom. The van der Waals surface area contributed by atoms with Gasteiger partial charge in [0.05, 0.1) is 22.9 Å². The summed E-state index contributed by atoms with van der Waals surface area (Å²) in [5, 5.41) is 12.8. The van der Waals surface area contributed by atoms with Crippen LogP contribution in [0.1, 0.15) is 11.7 Å². The van der Waals surface area contributed by atoms with Crippen LogP contribution < -0.4 is 5.56 Å². The highest BCUT2D eigenvalue weighted by Crippen LogP contribution is 2.20. The molecule has 7 heteroatoms. The van der Waals surface area contributed by atoms with E-state index in [-0.39, 0.29) is 17.0 Å². The Morgan fingerprint density at radius 2 is 1.87 bits per heavy atom. The monoisotopic (exact) mass is 349 g/mol. The van der Waals surface area contributed by atoms with Crippen molar-refractivity contribution in [1.82, 2.24) is 4.57 Å². The number of pyridine rings is 1. The minimum atomic E-state index is -3.26. The summed E-state index contributed by atoms with van der Waals surface area (Å²) in [7, 11) is -3.26. The molecule has 2 heterocycles. The number of fused-ring (bicyclic) bond motifs is 1. The van der Waals surface area contributed by atoms with Crippen molar-refractivity contribution in [2.45, 2.75) is 17.5 Å². The SMILES string of the molecule is CS(=O)(=O)c1ccc(C(O)Cn2ccc3sccc3c2=O)cc1. The molecule has 1 aromatic carbocycles. The molecule has 3 aromatic rings. The molecule has 120 valence electrons. The molecule has 3 rings (SSSR count). The van der Waals surface area contributed by atoms with Gasteiger partial charge in [0.1, 0.15) is 0 Å². The summed E-state index contributed by atoms with van der Waals surface area (Å²) < 4.78 is 25.3. The molecule has 23 heavy (non-hydrogen) atoms. The predicted octanol–water partition coefficient (Wildman–Crippen LogP) is 2.20. The van der Waals surface area contributed by atoms with Crippen LogP contribution in [0.4, 0.5) is 0 Å². The van der Waals surface area contributed by atoms with E-state index in [0.29, 0.717) is 10.9 Å². The van der Waals surface area contributed by atoms with Crippen molar-refractivity contribution in [2.75, 3.05) is 6.26 Å². The molecule has 0 radical (unpaired) electrons. The van der Waals surface area contributed by atoms with Crippen molar-refractivity contribution in [3.63, 3.8) is 0 Å². The van der Waals surface area contributed by atoms with E-state index in [4.69, 9.17) is 0 Å². The molecule has 0 spiro atoms. The first kappa shape index (κ1) is 15.9. The summed E-state index contributed by atoms with van der Waals surface area (Å²) in [6, 6.07) is 9.66. The number of sulfone groups is 1. The lowest BCUT2D eigenvalue weighted by molar-refractivity contribution is 0.155.